The molecule has 2 atom stereocenters. The summed E-state index contributed by atoms with van der Waals surface area (Å²) in [7, 11) is 1.72. The molecule has 0 spiro atoms. The Bertz CT molecular complexity index is 128. The number of nitrogens with one attached hydrogen (secondary N) is 1. The molecule has 3 nitrogen and oxygen atoms in total. The topological polar surface area (TPSA) is 41.5 Å². The SMILES string of the molecule is COCCC(C)NCCC(O)C(C)C. The van der Waals surface area contributed by atoms with Gasteiger partial charge in [0.05, 0.1) is 6.10 Å². The minimum absolute atomic E-state index is 0.183. The normalized spacial score (nSPS) is 15.9. The molecule has 2 N–H and O–H groups in total. The van der Waals surface area contributed by atoms with Gasteiger partial charge in [-0.25, -0.2) is 0 Å². The zero-order valence-corrected chi connectivity index (χ0v) is 9.92. The van der Waals surface area contributed by atoms with Crippen molar-refractivity contribution in [1.29, 1.82) is 0 Å². The largest absolute Gasteiger partial charge is 0.393 e. The van der Waals surface area contributed by atoms with Gasteiger partial charge >= 0.3 is 0 Å². The van der Waals surface area contributed by atoms with Crippen molar-refractivity contribution >= 4 is 0 Å². The molecule has 0 saturated heterocycles. The number of rotatable bonds is 8. The predicted octanol–water partition coefficient (Wildman–Crippen LogP) is 1.41. The summed E-state index contributed by atoms with van der Waals surface area (Å²) in [6.07, 6.45) is 1.67. The molecule has 0 aliphatic heterocycles. The maximum Gasteiger partial charge on any atom is 0.0575 e. The van der Waals surface area contributed by atoms with Gasteiger partial charge in [-0.05, 0) is 32.2 Å². The smallest absolute Gasteiger partial charge is 0.0575 e. The molecule has 0 aromatic carbocycles. The first-order valence-electron chi connectivity index (χ1n) is 5.48. The lowest BCUT2D eigenvalue weighted by Gasteiger charge is -2.17. The highest BCUT2D eigenvalue weighted by Crippen LogP contribution is 2.04. The molecule has 0 heterocycles. The van der Waals surface area contributed by atoms with Gasteiger partial charge in [-0.2, -0.15) is 0 Å². The maximum atomic E-state index is 9.55. The van der Waals surface area contributed by atoms with Crippen LogP contribution >= 0.6 is 0 Å². The van der Waals surface area contributed by atoms with Crippen LogP contribution in [0.3, 0.4) is 0 Å². The molecular weight excluding hydrogens is 178 g/mol. The van der Waals surface area contributed by atoms with Crippen LogP contribution in [0.2, 0.25) is 0 Å². The fraction of sp³-hybridized carbons (Fsp3) is 1.00. The average molecular weight is 203 g/mol. The van der Waals surface area contributed by atoms with E-state index in [1.165, 1.54) is 0 Å². The highest BCUT2D eigenvalue weighted by molar-refractivity contribution is 4.65. The summed E-state index contributed by atoms with van der Waals surface area (Å²) in [5.74, 6) is 0.353. The van der Waals surface area contributed by atoms with E-state index in [0.717, 1.165) is 26.0 Å². The van der Waals surface area contributed by atoms with Crippen molar-refractivity contribution in [2.45, 2.75) is 45.8 Å². The summed E-state index contributed by atoms with van der Waals surface area (Å²) in [5.41, 5.74) is 0. The Morgan fingerprint density at radius 3 is 2.36 bits per heavy atom. The summed E-state index contributed by atoms with van der Waals surface area (Å²) in [5, 5.41) is 12.9. The average Bonchev–Trinajstić information content (AvgIpc) is 2.14. The first kappa shape index (κ1) is 13.9. The van der Waals surface area contributed by atoms with Crippen molar-refractivity contribution in [1.82, 2.24) is 5.32 Å². The van der Waals surface area contributed by atoms with E-state index in [4.69, 9.17) is 4.74 Å². The quantitative estimate of drug-likeness (QED) is 0.626. The molecule has 0 aliphatic rings. The lowest BCUT2D eigenvalue weighted by molar-refractivity contribution is 0.114. The van der Waals surface area contributed by atoms with Crippen LogP contribution in [-0.4, -0.2) is 37.5 Å². The van der Waals surface area contributed by atoms with Crippen LogP contribution < -0.4 is 5.32 Å². The van der Waals surface area contributed by atoms with E-state index in [-0.39, 0.29) is 6.10 Å². The molecule has 2 unspecified atom stereocenters. The van der Waals surface area contributed by atoms with Crippen molar-refractivity contribution in [2.24, 2.45) is 5.92 Å². The molecule has 0 radical (unpaired) electrons. The van der Waals surface area contributed by atoms with Crippen LogP contribution in [0.4, 0.5) is 0 Å². The van der Waals surface area contributed by atoms with Crippen LogP contribution in [0, 0.1) is 5.92 Å². The molecule has 0 aromatic rings. The molecule has 0 amide bonds. The number of aliphatic hydroxyl groups excluding tert-OH is 1. The standard InChI is InChI=1S/C11H25NO2/c1-9(2)11(13)5-7-12-10(3)6-8-14-4/h9-13H,5-8H2,1-4H3. The number of hydrogen-bond acceptors (Lipinski definition) is 3. The summed E-state index contributed by atoms with van der Waals surface area (Å²) in [4.78, 5) is 0. The van der Waals surface area contributed by atoms with Gasteiger partial charge in [0.25, 0.3) is 0 Å². The van der Waals surface area contributed by atoms with Crippen molar-refractivity contribution in [3.8, 4) is 0 Å². The van der Waals surface area contributed by atoms with E-state index in [0.29, 0.717) is 12.0 Å². The Morgan fingerprint density at radius 1 is 1.21 bits per heavy atom. The third kappa shape index (κ3) is 7.30. The van der Waals surface area contributed by atoms with Crippen LogP contribution in [0.25, 0.3) is 0 Å². The monoisotopic (exact) mass is 203 g/mol. The van der Waals surface area contributed by atoms with E-state index < -0.39 is 0 Å². The van der Waals surface area contributed by atoms with E-state index in [2.05, 4.69) is 12.2 Å². The number of ether oxygens (including phenoxy) is 1. The Kier molecular flexibility index (Phi) is 8.14. The second-order valence-electron chi connectivity index (χ2n) is 4.24. The molecule has 0 bridgehead atoms. The summed E-state index contributed by atoms with van der Waals surface area (Å²) < 4.78 is 4.99. The van der Waals surface area contributed by atoms with E-state index in [1.807, 2.05) is 13.8 Å². The van der Waals surface area contributed by atoms with Crippen LogP contribution in [0.1, 0.15) is 33.6 Å². The first-order chi connectivity index (χ1) is 6.57. The summed E-state index contributed by atoms with van der Waals surface area (Å²) in [6.45, 7) is 7.89. The van der Waals surface area contributed by atoms with Crippen molar-refractivity contribution in [2.75, 3.05) is 20.3 Å². The van der Waals surface area contributed by atoms with Crippen LogP contribution in [-0.2, 0) is 4.74 Å². The van der Waals surface area contributed by atoms with Gasteiger partial charge in [0.2, 0.25) is 0 Å². The number of hydrogen-bond donors (Lipinski definition) is 2. The van der Waals surface area contributed by atoms with Gasteiger partial charge < -0.3 is 15.2 Å². The number of methoxy groups -OCH3 is 1. The van der Waals surface area contributed by atoms with Gasteiger partial charge in [0, 0.05) is 19.8 Å². The second kappa shape index (κ2) is 8.21. The van der Waals surface area contributed by atoms with E-state index in [1.54, 1.807) is 7.11 Å². The lowest BCUT2D eigenvalue weighted by atomic mass is 10.0. The molecule has 0 saturated carbocycles. The van der Waals surface area contributed by atoms with E-state index in [9.17, 15) is 5.11 Å². The molecule has 0 aromatic heterocycles. The molecule has 86 valence electrons. The van der Waals surface area contributed by atoms with Gasteiger partial charge in [0.15, 0.2) is 0 Å². The van der Waals surface area contributed by atoms with Gasteiger partial charge in [0.1, 0.15) is 0 Å². The molecule has 14 heavy (non-hydrogen) atoms. The minimum atomic E-state index is -0.183. The van der Waals surface area contributed by atoms with Gasteiger partial charge in [-0.1, -0.05) is 13.8 Å². The summed E-state index contributed by atoms with van der Waals surface area (Å²) >= 11 is 0. The zero-order valence-electron chi connectivity index (χ0n) is 9.92. The third-order valence-corrected chi connectivity index (χ3v) is 2.46. The Hall–Kier alpha value is -0.120. The third-order valence-electron chi connectivity index (χ3n) is 2.46. The van der Waals surface area contributed by atoms with Gasteiger partial charge in [-0.15, -0.1) is 0 Å². The zero-order chi connectivity index (χ0) is 11.0. The van der Waals surface area contributed by atoms with Crippen molar-refractivity contribution < 1.29 is 9.84 Å². The van der Waals surface area contributed by atoms with Crippen molar-refractivity contribution in [3.63, 3.8) is 0 Å². The van der Waals surface area contributed by atoms with Gasteiger partial charge in [-0.3, -0.25) is 0 Å². The van der Waals surface area contributed by atoms with Crippen LogP contribution in [0.15, 0.2) is 0 Å². The maximum absolute atomic E-state index is 9.55. The highest BCUT2D eigenvalue weighted by atomic mass is 16.5. The Balaban J connectivity index is 3.34. The molecule has 0 aliphatic carbocycles. The fourth-order valence-electron chi connectivity index (χ4n) is 1.21. The Labute approximate surface area is 87.8 Å². The minimum Gasteiger partial charge on any atom is -0.393 e. The van der Waals surface area contributed by atoms with Crippen molar-refractivity contribution in [3.05, 3.63) is 0 Å². The molecule has 0 fully saturated rings. The van der Waals surface area contributed by atoms with Crippen LogP contribution in [0.5, 0.6) is 0 Å². The first-order valence-corrected chi connectivity index (χ1v) is 5.48. The molecule has 3 heteroatoms. The van der Waals surface area contributed by atoms with E-state index >= 15 is 0 Å². The molecule has 0 rings (SSSR count). The molecular formula is C11H25NO2. The fourth-order valence-corrected chi connectivity index (χ4v) is 1.21. The lowest BCUT2D eigenvalue weighted by Crippen LogP contribution is -2.31. The number of aliphatic hydroxyl groups is 1. The highest BCUT2D eigenvalue weighted by Gasteiger charge is 2.09. The second-order valence-corrected chi connectivity index (χ2v) is 4.24. The summed E-state index contributed by atoms with van der Waals surface area (Å²) in [6, 6.07) is 0.467. The predicted molar refractivity (Wildman–Crippen MR) is 59.4 cm³/mol. The Morgan fingerprint density at radius 2 is 1.86 bits per heavy atom.